The monoisotopic (exact) mass is 495 g/mol. The quantitative estimate of drug-likeness (QED) is 0.325. The Kier molecular flexibility index (Phi) is 7.38. The molecule has 1 heterocycles. The number of methoxy groups -OCH3 is 1. The fourth-order valence-electron chi connectivity index (χ4n) is 2.93. The highest BCUT2D eigenvalue weighted by Gasteiger charge is 2.28. The Bertz CT molecular complexity index is 1160. The number of hydrogen-bond donors (Lipinski definition) is 1. The Morgan fingerprint density at radius 3 is 2.19 bits per heavy atom. The lowest BCUT2D eigenvalue weighted by atomic mass is 10.0. The van der Waals surface area contributed by atoms with Gasteiger partial charge in [0, 0.05) is 10.6 Å². The number of amides is 1. The number of carbonyl (C=O) groups is 3. The van der Waals surface area contributed by atoms with Gasteiger partial charge in [-0.05, 0) is 36.8 Å². The van der Waals surface area contributed by atoms with Gasteiger partial charge in [-0.25, -0.2) is 4.79 Å². The summed E-state index contributed by atoms with van der Waals surface area (Å²) in [5.74, 6) is -1.44. The normalized spacial score (nSPS) is 11.6. The van der Waals surface area contributed by atoms with Crippen molar-refractivity contribution in [2.24, 2.45) is 0 Å². The molecule has 3 aromatic rings. The molecule has 0 radical (unpaired) electrons. The average molecular weight is 497 g/mol. The lowest BCUT2D eigenvalue weighted by molar-refractivity contribution is 0.0600. The van der Waals surface area contributed by atoms with E-state index in [4.69, 9.17) is 34.8 Å². The molecular formula is C22H16Cl3NO4S. The molecule has 9 heteroatoms. The number of halogens is 3. The minimum Gasteiger partial charge on any atom is -0.465 e. The highest BCUT2D eigenvalue weighted by molar-refractivity contribution is 7.20. The summed E-state index contributed by atoms with van der Waals surface area (Å²) in [6.45, 7) is 1.77. The number of rotatable bonds is 6. The molecule has 5 nitrogen and oxygen atoms in total. The zero-order valence-electron chi connectivity index (χ0n) is 16.4. The summed E-state index contributed by atoms with van der Waals surface area (Å²) >= 11 is 19.4. The third-order valence-electron chi connectivity index (χ3n) is 4.54. The summed E-state index contributed by atoms with van der Waals surface area (Å²) in [7, 11) is 1.30. The number of ether oxygens (including phenoxy) is 1. The fraction of sp³-hybridized carbons (Fsp3) is 0.136. The SMILES string of the molecule is COC(=O)c1ccc(C(C)NC(=O)c2c(Cl)sc(Cl)c2C(=O)c2cccc(Cl)c2)cc1. The molecule has 0 aliphatic heterocycles. The zero-order valence-corrected chi connectivity index (χ0v) is 19.5. The van der Waals surface area contributed by atoms with Gasteiger partial charge < -0.3 is 10.1 Å². The van der Waals surface area contributed by atoms with Gasteiger partial charge in [0.05, 0.1) is 29.8 Å². The van der Waals surface area contributed by atoms with Crippen LogP contribution in [0.4, 0.5) is 0 Å². The zero-order chi connectivity index (χ0) is 22.7. The molecule has 0 aliphatic carbocycles. The maximum Gasteiger partial charge on any atom is 0.337 e. The first-order valence-corrected chi connectivity index (χ1v) is 10.9. The fourth-order valence-corrected chi connectivity index (χ4v) is 4.82. The van der Waals surface area contributed by atoms with Crippen LogP contribution in [0.1, 0.15) is 55.2 Å². The first kappa shape index (κ1) is 23.3. The minimum atomic E-state index is -0.539. The second kappa shape index (κ2) is 9.83. The predicted octanol–water partition coefficient (Wildman–Crippen LogP) is 6.22. The van der Waals surface area contributed by atoms with Crippen molar-refractivity contribution in [1.82, 2.24) is 5.32 Å². The lowest BCUT2D eigenvalue weighted by Crippen LogP contribution is -2.28. The van der Waals surface area contributed by atoms with Crippen LogP contribution in [0, 0.1) is 0 Å². The first-order chi connectivity index (χ1) is 14.7. The van der Waals surface area contributed by atoms with Crippen molar-refractivity contribution in [3.05, 3.63) is 90.0 Å². The highest BCUT2D eigenvalue weighted by atomic mass is 35.5. The molecule has 3 rings (SSSR count). The van der Waals surface area contributed by atoms with Gasteiger partial charge in [-0.1, -0.05) is 59.1 Å². The predicted molar refractivity (Wildman–Crippen MR) is 123 cm³/mol. The van der Waals surface area contributed by atoms with Crippen molar-refractivity contribution in [2.45, 2.75) is 13.0 Å². The van der Waals surface area contributed by atoms with Gasteiger partial charge in [0.1, 0.15) is 8.67 Å². The van der Waals surface area contributed by atoms with Gasteiger partial charge in [0.2, 0.25) is 0 Å². The van der Waals surface area contributed by atoms with E-state index in [0.29, 0.717) is 16.1 Å². The van der Waals surface area contributed by atoms with Gasteiger partial charge in [0.15, 0.2) is 5.78 Å². The molecule has 0 saturated heterocycles. The molecule has 31 heavy (non-hydrogen) atoms. The number of ketones is 1. The Labute approximate surface area is 197 Å². The largest absolute Gasteiger partial charge is 0.465 e. The number of nitrogens with one attached hydrogen (secondary N) is 1. The third kappa shape index (κ3) is 5.10. The van der Waals surface area contributed by atoms with Crippen LogP contribution in [0.2, 0.25) is 13.7 Å². The van der Waals surface area contributed by atoms with Crippen LogP contribution in [0.5, 0.6) is 0 Å². The Hall–Kier alpha value is -2.38. The molecule has 1 aromatic heterocycles. The Morgan fingerprint density at radius 2 is 1.58 bits per heavy atom. The van der Waals surface area contributed by atoms with Crippen molar-refractivity contribution in [3.8, 4) is 0 Å². The van der Waals surface area contributed by atoms with Crippen LogP contribution in [0.25, 0.3) is 0 Å². The van der Waals surface area contributed by atoms with Crippen LogP contribution < -0.4 is 5.32 Å². The van der Waals surface area contributed by atoms with Gasteiger partial charge in [-0.2, -0.15) is 0 Å². The lowest BCUT2D eigenvalue weighted by Gasteiger charge is -2.15. The van der Waals surface area contributed by atoms with Crippen molar-refractivity contribution in [1.29, 1.82) is 0 Å². The van der Waals surface area contributed by atoms with Crippen molar-refractivity contribution < 1.29 is 19.1 Å². The van der Waals surface area contributed by atoms with Gasteiger partial charge in [-0.3, -0.25) is 9.59 Å². The van der Waals surface area contributed by atoms with Crippen molar-refractivity contribution >= 4 is 63.8 Å². The number of thiophene rings is 1. The number of benzene rings is 2. The molecule has 1 amide bonds. The molecule has 0 spiro atoms. The van der Waals surface area contributed by atoms with Crippen LogP contribution in [0.15, 0.2) is 48.5 Å². The molecule has 160 valence electrons. The van der Waals surface area contributed by atoms with Crippen molar-refractivity contribution in [2.75, 3.05) is 7.11 Å². The molecule has 0 fully saturated rings. The van der Waals surface area contributed by atoms with E-state index in [1.165, 1.54) is 13.2 Å². The van der Waals surface area contributed by atoms with Crippen molar-refractivity contribution in [3.63, 3.8) is 0 Å². The molecule has 2 aromatic carbocycles. The van der Waals surface area contributed by atoms with E-state index in [1.807, 2.05) is 0 Å². The van der Waals surface area contributed by atoms with E-state index >= 15 is 0 Å². The second-order valence-corrected chi connectivity index (χ2v) is 9.21. The van der Waals surface area contributed by atoms with E-state index in [9.17, 15) is 14.4 Å². The highest BCUT2D eigenvalue weighted by Crippen LogP contribution is 2.38. The molecule has 0 aliphatic rings. The molecule has 0 bridgehead atoms. The smallest absolute Gasteiger partial charge is 0.337 e. The van der Waals surface area contributed by atoms with E-state index < -0.39 is 23.7 Å². The molecule has 1 atom stereocenters. The third-order valence-corrected chi connectivity index (χ3v) is 6.39. The molecular weight excluding hydrogens is 481 g/mol. The number of carbonyl (C=O) groups excluding carboxylic acids is 3. The first-order valence-electron chi connectivity index (χ1n) is 9.00. The Morgan fingerprint density at radius 1 is 0.935 bits per heavy atom. The summed E-state index contributed by atoms with van der Waals surface area (Å²) in [5, 5.41) is 3.20. The van der Waals surface area contributed by atoms with Crippen LogP contribution in [-0.4, -0.2) is 24.8 Å². The van der Waals surface area contributed by atoms with Crippen LogP contribution >= 0.6 is 46.1 Å². The topological polar surface area (TPSA) is 72.5 Å². The molecule has 1 N–H and O–H groups in total. The summed E-state index contributed by atoms with van der Waals surface area (Å²) < 4.78 is 4.91. The van der Waals surface area contributed by atoms with Crippen LogP contribution in [0.3, 0.4) is 0 Å². The summed E-state index contributed by atoms with van der Waals surface area (Å²) in [4.78, 5) is 37.6. The van der Waals surface area contributed by atoms with E-state index in [1.54, 1.807) is 49.4 Å². The van der Waals surface area contributed by atoms with E-state index in [0.717, 1.165) is 16.9 Å². The van der Waals surface area contributed by atoms with Gasteiger partial charge in [0.25, 0.3) is 5.91 Å². The maximum atomic E-state index is 13.0. The standard InChI is InChI=1S/C22H16Cl3NO4S/c1-11(12-6-8-13(9-7-12)22(29)30-2)26-21(28)17-16(19(24)31-20(17)25)18(27)14-4-3-5-15(23)10-14/h3-11H,1-2H3,(H,26,28). The van der Waals surface area contributed by atoms with Crippen LogP contribution in [-0.2, 0) is 4.74 Å². The van der Waals surface area contributed by atoms with E-state index in [-0.39, 0.29) is 19.8 Å². The molecule has 0 saturated carbocycles. The second-order valence-electron chi connectivity index (χ2n) is 6.55. The molecule has 1 unspecified atom stereocenters. The summed E-state index contributed by atoms with van der Waals surface area (Å²) in [6.07, 6.45) is 0. The van der Waals surface area contributed by atoms with Gasteiger partial charge >= 0.3 is 5.97 Å². The average Bonchev–Trinajstić information content (AvgIpc) is 3.06. The minimum absolute atomic E-state index is 0.0136. The maximum absolute atomic E-state index is 13.0. The van der Waals surface area contributed by atoms with E-state index in [2.05, 4.69) is 10.1 Å². The number of hydrogen-bond acceptors (Lipinski definition) is 5. The summed E-state index contributed by atoms with van der Waals surface area (Å²) in [5.41, 5.74) is 1.49. The summed E-state index contributed by atoms with van der Waals surface area (Å²) in [6, 6.07) is 12.6. The number of esters is 1. The van der Waals surface area contributed by atoms with Gasteiger partial charge in [-0.15, -0.1) is 11.3 Å². The Balaban J connectivity index is 1.87.